The van der Waals surface area contributed by atoms with Crippen LogP contribution in [0.15, 0.2) is 21.6 Å². The number of amidine groups is 1. The Balaban J connectivity index is 2.25. The molecule has 1 atom stereocenters. The third-order valence-corrected chi connectivity index (χ3v) is 3.79. The highest BCUT2D eigenvalue weighted by atomic mass is 79.9. The molecule has 1 unspecified atom stereocenters. The van der Waals surface area contributed by atoms with Crippen molar-refractivity contribution < 1.29 is 8.78 Å². The number of anilines is 1. The van der Waals surface area contributed by atoms with Gasteiger partial charge in [0.15, 0.2) is 11.0 Å². The lowest BCUT2D eigenvalue weighted by Gasteiger charge is -2.08. The second-order valence-electron chi connectivity index (χ2n) is 3.46. The molecule has 0 amide bonds. The molecule has 0 aromatic heterocycles. The van der Waals surface area contributed by atoms with Crippen molar-refractivity contribution in [3.63, 3.8) is 0 Å². The lowest BCUT2D eigenvalue weighted by molar-refractivity contribution is 0.585. The van der Waals surface area contributed by atoms with Gasteiger partial charge in [0, 0.05) is 16.3 Å². The van der Waals surface area contributed by atoms with E-state index >= 15 is 0 Å². The number of nitrogens with one attached hydrogen (secondary N) is 1. The van der Waals surface area contributed by atoms with Crippen LogP contribution in [0.25, 0.3) is 0 Å². The van der Waals surface area contributed by atoms with E-state index in [1.54, 1.807) is 0 Å². The summed E-state index contributed by atoms with van der Waals surface area (Å²) < 4.78 is 26.7. The maximum Gasteiger partial charge on any atom is 0.161 e. The molecule has 2 nitrogen and oxygen atoms in total. The molecule has 1 N–H and O–H groups in total. The number of thioether (sulfide) groups is 1. The monoisotopic (exact) mass is 306 g/mol. The van der Waals surface area contributed by atoms with Gasteiger partial charge < -0.3 is 5.32 Å². The maximum absolute atomic E-state index is 13.5. The number of rotatable bonds is 1. The number of nitrogens with zero attached hydrogens (tertiary/aromatic N) is 1. The van der Waals surface area contributed by atoms with Gasteiger partial charge >= 0.3 is 0 Å². The summed E-state index contributed by atoms with van der Waals surface area (Å²) in [5.41, 5.74) is 0.224. The minimum absolute atomic E-state index is 0.224. The van der Waals surface area contributed by atoms with E-state index in [0.29, 0.717) is 9.64 Å². The van der Waals surface area contributed by atoms with Crippen LogP contribution in [0.5, 0.6) is 0 Å². The lowest BCUT2D eigenvalue weighted by atomic mass is 10.3. The predicted molar refractivity (Wildman–Crippen MR) is 67.0 cm³/mol. The zero-order valence-corrected chi connectivity index (χ0v) is 10.8. The average Bonchev–Trinajstić information content (AvgIpc) is 2.58. The quantitative estimate of drug-likeness (QED) is 0.857. The summed E-state index contributed by atoms with van der Waals surface area (Å²) in [7, 11) is 0. The Kier molecular flexibility index (Phi) is 3.49. The van der Waals surface area contributed by atoms with Crippen LogP contribution >= 0.6 is 27.7 Å². The smallest absolute Gasteiger partial charge is 0.161 e. The molecule has 0 aliphatic carbocycles. The van der Waals surface area contributed by atoms with Gasteiger partial charge in [-0.1, -0.05) is 11.8 Å². The Morgan fingerprint density at radius 2 is 2.25 bits per heavy atom. The molecule has 1 aromatic carbocycles. The fraction of sp³-hybridized carbons (Fsp3) is 0.300. The van der Waals surface area contributed by atoms with E-state index in [1.807, 2.05) is 6.92 Å². The molecule has 0 saturated heterocycles. The summed E-state index contributed by atoms with van der Waals surface area (Å²) in [6, 6.07) is 2.29. The minimum atomic E-state index is -0.630. The van der Waals surface area contributed by atoms with Crippen molar-refractivity contribution in [1.82, 2.24) is 0 Å². The predicted octanol–water partition coefficient (Wildman–Crippen LogP) is 3.63. The molecular formula is C10H9BrF2N2S. The summed E-state index contributed by atoms with van der Waals surface area (Å²) in [5, 5.41) is 3.52. The first-order valence-electron chi connectivity index (χ1n) is 4.68. The first-order chi connectivity index (χ1) is 7.56. The molecule has 2 rings (SSSR count). The van der Waals surface area contributed by atoms with Crippen LogP contribution in [-0.2, 0) is 0 Å². The normalized spacial score (nSPS) is 19.8. The van der Waals surface area contributed by atoms with E-state index in [9.17, 15) is 8.78 Å². The van der Waals surface area contributed by atoms with Gasteiger partial charge in [-0.25, -0.2) is 8.78 Å². The highest BCUT2D eigenvalue weighted by Gasteiger charge is 2.17. The summed E-state index contributed by atoms with van der Waals surface area (Å²) in [5.74, 6) is -0.359. The van der Waals surface area contributed by atoms with E-state index in [-0.39, 0.29) is 11.7 Å². The SMILES string of the molecule is CC1CSC(Nc2c(F)cc(F)cc2Br)=N1. The third kappa shape index (κ3) is 2.55. The van der Waals surface area contributed by atoms with Crippen molar-refractivity contribution in [1.29, 1.82) is 0 Å². The van der Waals surface area contributed by atoms with Gasteiger partial charge in [-0.15, -0.1) is 0 Å². The standard InChI is InChI=1S/C10H9BrF2N2S/c1-5-4-16-10(14-5)15-9-7(11)2-6(12)3-8(9)13/h2-3,5H,4H2,1H3,(H,14,15). The van der Waals surface area contributed by atoms with Crippen LogP contribution in [-0.4, -0.2) is 17.0 Å². The van der Waals surface area contributed by atoms with Gasteiger partial charge in [0.05, 0.1) is 11.7 Å². The van der Waals surface area contributed by atoms with Crippen molar-refractivity contribution in [3.05, 3.63) is 28.2 Å². The van der Waals surface area contributed by atoms with E-state index in [0.717, 1.165) is 11.8 Å². The number of hydrogen-bond donors (Lipinski definition) is 1. The van der Waals surface area contributed by atoms with Crippen molar-refractivity contribution in [2.75, 3.05) is 11.1 Å². The van der Waals surface area contributed by atoms with Crippen molar-refractivity contribution in [3.8, 4) is 0 Å². The van der Waals surface area contributed by atoms with Crippen LogP contribution in [0.3, 0.4) is 0 Å². The Morgan fingerprint density at radius 3 is 2.81 bits per heavy atom. The Morgan fingerprint density at radius 1 is 1.50 bits per heavy atom. The third-order valence-electron chi connectivity index (χ3n) is 2.04. The molecule has 0 bridgehead atoms. The number of halogens is 3. The molecule has 0 radical (unpaired) electrons. The zero-order chi connectivity index (χ0) is 11.7. The van der Waals surface area contributed by atoms with E-state index < -0.39 is 11.6 Å². The number of benzene rings is 1. The molecule has 0 fully saturated rings. The van der Waals surface area contributed by atoms with Crippen LogP contribution < -0.4 is 5.32 Å². The lowest BCUT2D eigenvalue weighted by Crippen LogP contribution is -2.07. The molecule has 0 spiro atoms. The van der Waals surface area contributed by atoms with Crippen LogP contribution in [0, 0.1) is 11.6 Å². The fourth-order valence-corrected chi connectivity index (χ4v) is 2.72. The summed E-state index contributed by atoms with van der Waals surface area (Å²) in [6.45, 7) is 1.98. The highest BCUT2D eigenvalue weighted by molar-refractivity contribution is 9.10. The second kappa shape index (κ2) is 4.71. The summed E-state index contributed by atoms with van der Waals surface area (Å²) >= 11 is 4.64. The topological polar surface area (TPSA) is 24.4 Å². The second-order valence-corrected chi connectivity index (χ2v) is 5.33. The highest BCUT2D eigenvalue weighted by Crippen LogP contribution is 2.29. The van der Waals surface area contributed by atoms with Crippen molar-refractivity contribution in [2.45, 2.75) is 13.0 Å². The molecule has 6 heteroatoms. The molecular weight excluding hydrogens is 298 g/mol. The summed E-state index contributed by atoms with van der Waals surface area (Å²) in [4.78, 5) is 4.28. The van der Waals surface area contributed by atoms with Gasteiger partial charge in [-0.05, 0) is 28.9 Å². The largest absolute Gasteiger partial charge is 0.332 e. The Labute approximate surface area is 105 Å². The Hall–Kier alpha value is -0.620. The van der Waals surface area contributed by atoms with Gasteiger partial charge in [-0.3, -0.25) is 4.99 Å². The first-order valence-corrected chi connectivity index (χ1v) is 6.46. The molecule has 16 heavy (non-hydrogen) atoms. The van der Waals surface area contributed by atoms with E-state index in [1.165, 1.54) is 17.8 Å². The van der Waals surface area contributed by atoms with E-state index in [4.69, 9.17) is 0 Å². The molecule has 1 aliphatic heterocycles. The zero-order valence-electron chi connectivity index (χ0n) is 8.43. The van der Waals surface area contributed by atoms with Crippen LogP contribution in [0.4, 0.5) is 14.5 Å². The fourth-order valence-electron chi connectivity index (χ4n) is 1.31. The van der Waals surface area contributed by atoms with Crippen LogP contribution in [0.1, 0.15) is 6.92 Å². The van der Waals surface area contributed by atoms with E-state index in [2.05, 4.69) is 26.2 Å². The van der Waals surface area contributed by atoms with Crippen molar-refractivity contribution in [2.24, 2.45) is 4.99 Å². The summed E-state index contributed by atoms with van der Waals surface area (Å²) in [6.07, 6.45) is 0. The first kappa shape index (κ1) is 11.9. The Bertz CT molecular complexity index is 427. The molecule has 86 valence electrons. The maximum atomic E-state index is 13.5. The number of aliphatic imine (C=N–C) groups is 1. The number of hydrogen-bond acceptors (Lipinski definition) is 3. The average molecular weight is 307 g/mol. The van der Waals surface area contributed by atoms with Gasteiger partial charge in [-0.2, -0.15) is 0 Å². The van der Waals surface area contributed by atoms with Gasteiger partial charge in [0.2, 0.25) is 0 Å². The molecule has 1 heterocycles. The molecule has 1 aromatic rings. The minimum Gasteiger partial charge on any atom is -0.332 e. The molecule has 0 saturated carbocycles. The van der Waals surface area contributed by atoms with Crippen molar-refractivity contribution >= 4 is 38.5 Å². The van der Waals surface area contributed by atoms with Crippen LogP contribution in [0.2, 0.25) is 0 Å². The van der Waals surface area contributed by atoms with Gasteiger partial charge in [0.1, 0.15) is 5.82 Å². The van der Waals surface area contributed by atoms with Gasteiger partial charge in [0.25, 0.3) is 0 Å². The molecule has 1 aliphatic rings.